The Bertz CT molecular complexity index is 971. The molecule has 2 aromatic carbocycles. The molecule has 1 fully saturated rings. The van der Waals surface area contributed by atoms with Crippen molar-refractivity contribution in [1.82, 2.24) is 4.31 Å². The van der Waals surface area contributed by atoms with Crippen LogP contribution in [0.2, 0.25) is 0 Å². The summed E-state index contributed by atoms with van der Waals surface area (Å²) in [7, 11) is -3.94. The molecule has 2 unspecified atom stereocenters. The van der Waals surface area contributed by atoms with Gasteiger partial charge in [-0.25, -0.2) is 13.3 Å². The number of imide groups is 1. The second kappa shape index (κ2) is 7.85. The molecule has 1 aliphatic heterocycles. The molecule has 6 nitrogen and oxygen atoms in total. The number of carbonyl (C=O) groups is 2. The average molecular weight is 401 g/mol. The minimum atomic E-state index is -3.94. The van der Waals surface area contributed by atoms with Crippen LogP contribution in [0.1, 0.15) is 32.3 Å². The number of nitrogens with zero attached hydrogens (tertiary/aromatic N) is 2. The van der Waals surface area contributed by atoms with Crippen molar-refractivity contribution < 1.29 is 18.0 Å². The summed E-state index contributed by atoms with van der Waals surface area (Å²) in [6.45, 7) is 5.49. The van der Waals surface area contributed by atoms with E-state index >= 15 is 0 Å². The SMILES string of the molecule is CCC(C)N(C1CC(=O)N(c2ccccc2)C1=O)S(=O)(=O)c1ccc(C)cc1. The molecule has 1 heterocycles. The van der Waals surface area contributed by atoms with Crippen molar-refractivity contribution >= 4 is 27.5 Å². The van der Waals surface area contributed by atoms with Crippen LogP contribution in [0.3, 0.4) is 0 Å². The van der Waals surface area contributed by atoms with E-state index < -0.39 is 33.9 Å². The van der Waals surface area contributed by atoms with Crippen molar-refractivity contribution in [3.05, 3.63) is 60.2 Å². The van der Waals surface area contributed by atoms with Gasteiger partial charge in [0.05, 0.1) is 17.0 Å². The Labute approximate surface area is 165 Å². The van der Waals surface area contributed by atoms with E-state index in [0.29, 0.717) is 12.1 Å². The normalized spacial score (nSPS) is 18.7. The lowest BCUT2D eigenvalue weighted by Gasteiger charge is -2.31. The van der Waals surface area contributed by atoms with Gasteiger partial charge in [-0.3, -0.25) is 9.59 Å². The van der Waals surface area contributed by atoms with Gasteiger partial charge in [0.2, 0.25) is 15.9 Å². The van der Waals surface area contributed by atoms with Crippen molar-refractivity contribution in [3.8, 4) is 0 Å². The van der Waals surface area contributed by atoms with Gasteiger partial charge < -0.3 is 0 Å². The smallest absolute Gasteiger partial charge is 0.252 e. The summed E-state index contributed by atoms with van der Waals surface area (Å²) in [5.74, 6) is -0.902. The summed E-state index contributed by atoms with van der Waals surface area (Å²) in [4.78, 5) is 26.9. The van der Waals surface area contributed by atoms with Gasteiger partial charge in [0, 0.05) is 6.04 Å². The highest BCUT2D eigenvalue weighted by Gasteiger charge is 2.48. The van der Waals surface area contributed by atoms with Crippen LogP contribution in [0.25, 0.3) is 0 Å². The molecular formula is C21H24N2O4S. The molecule has 0 aliphatic carbocycles. The number of anilines is 1. The van der Waals surface area contributed by atoms with E-state index in [2.05, 4.69) is 0 Å². The van der Waals surface area contributed by atoms with Crippen molar-refractivity contribution in [3.63, 3.8) is 0 Å². The van der Waals surface area contributed by atoms with Crippen LogP contribution in [0.15, 0.2) is 59.5 Å². The first-order chi connectivity index (χ1) is 13.3. The van der Waals surface area contributed by atoms with Gasteiger partial charge in [0.1, 0.15) is 6.04 Å². The van der Waals surface area contributed by atoms with E-state index in [0.717, 1.165) is 10.5 Å². The topological polar surface area (TPSA) is 74.8 Å². The molecule has 0 N–H and O–H groups in total. The molecule has 3 rings (SSSR count). The lowest BCUT2D eigenvalue weighted by molar-refractivity contribution is -0.122. The highest BCUT2D eigenvalue weighted by Crippen LogP contribution is 2.31. The zero-order chi connectivity index (χ0) is 20.5. The number of hydrogen-bond donors (Lipinski definition) is 0. The summed E-state index contributed by atoms with van der Waals surface area (Å²) >= 11 is 0. The molecule has 0 saturated carbocycles. The van der Waals surface area contributed by atoms with Gasteiger partial charge in [-0.2, -0.15) is 4.31 Å². The third-order valence-electron chi connectivity index (χ3n) is 5.07. The third kappa shape index (κ3) is 3.59. The lowest BCUT2D eigenvalue weighted by Crippen LogP contribution is -2.49. The number of amides is 2. The predicted molar refractivity (Wildman–Crippen MR) is 107 cm³/mol. The van der Waals surface area contributed by atoms with Gasteiger partial charge in [-0.1, -0.05) is 42.8 Å². The van der Waals surface area contributed by atoms with Gasteiger partial charge in [0.15, 0.2) is 0 Å². The Morgan fingerprint density at radius 3 is 2.25 bits per heavy atom. The van der Waals surface area contributed by atoms with Crippen molar-refractivity contribution in [1.29, 1.82) is 0 Å². The average Bonchev–Trinajstić information content (AvgIpc) is 2.96. The number of benzene rings is 2. The van der Waals surface area contributed by atoms with Crippen LogP contribution in [0, 0.1) is 6.92 Å². The van der Waals surface area contributed by atoms with E-state index in [4.69, 9.17) is 0 Å². The van der Waals surface area contributed by atoms with Gasteiger partial charge in [-0.15, -0.1) is 0 Å². The number of para-hydroxylation sites is 1. The zero-order valence-electron chi connectivity index (χ0n) is 16.2. The second-order valence-electron chi connectivity index (χ2n) is 7.03. The minimum Gasteiger partial charge on any atom is -0.274 e. The molecule has 0 radical (unpaired) electrons. The molecule has 1 saturated heterocycles. The zero-order valence-corrected chi connectivity index (χ0v) is 17.0. The number of sulfonamides is 1. The number of carbonyl (C=O) groups excluding carboxylic acids is 2. The standard InChI is InChI=1S/C21H24N2O4S/c1-4-16(3)23(28(26,27)18-12-10-15(2)11-13-18)19-14-20(24)22(21(19)25)17-8-6-5-7-9-17/h5-13,16,19H,4,14H2,1-3H3. The van der Waals surface area contributed by atoms with E-state index in [9.17, 15) is 18.0 Å². The van der Waals surface area contributed by atoms with Crippen LogP contribution in [-0.2, 0) is 19.6 Å². The Hall–Kier alpha value is -2.51. The maximum Gasteiger partial charge on any atom is 0.252 e. The molecule has 2 aromatic rings. The molecule has 148 valence electrons. The molecule has 0 spiro atoms. The Morgan fingerprint density at radius 2 is 1.68 bits per heavy atom. The molecule has 0 bridgehead atoms. The first-order valence-corrected chi connectivity index (χ1v) is 10.7. The molecule has 28 heavy (non-hydrogen) atoms. The maximum absolute atomic E-state index is 13.4. The second-order valence-corrected chi connectivity index (χ2v) is 8.87. The van der Waals surface area contributed by atoms with E-state index in [1.807, 2.05) is 13.8 Å². The first kappa shape index (κ1) is 20.2. The molecule has 0 aromatic heterocycles. The fraction of sp³-hybridized carbons (Fsp3) is 0.333. The molecule has 2 atom stereocenters. The Balaban J connectivity index is 2.02. The highest BCUT2D eigenvalue weighted by atomic mass is 32.2. The van der Waals surface area contributed by atoms with Crippen LogP contribution in [0.5, 0.6) is 0 Å². The van der Waals surface area contributed by atoms with Gasteiger partial charge >= 0.3 is 0 Å². The van der Waals surface area contributed by atoms with Crippen LogP contribution in [-0.4, -0.2) is 36.6 Å². The summed E-state index contributed by atoms with van der Waals surface area (Å²) in [5, 5.41) is 0. The summed E-state index contributed by atoms with van der Waals surface area (Å²) in [5.41, 5.74) is 1.40. The largest absolute Gasteiger partial charge is 0.274 e. The molecular weight excluding hydrogens is 376 g/mol. The van der Waals surface area contributed by atoms with Crippen molar-refractivity contribution in [2.75, 3.05) is 4.90 Å². The Morgan fingerprint density at radius 1 is 1.07 bits per heavy atom. The quantitative estimate of drug-likeness (QED) is 0.698. The third-order valence-corrected chi connectivity index (χ3v) is 7.10. The molecule has 2 amide bonds. The fourth-order valence-corrected chi connectivity index (χ4v) is 5.23. The lowest BCUT2D eigenvalue weighted by atomic mass is 10.2. The predicted octanol–water partition coefficient (Wildman–Crippen LogP) is 3.12. The molecule has 7 heteroatoms. The highest BCUT2D eigenvalue weighted by molar-refractivity contribution is 7.89. The van der Waals surface area contributed by atoms with Crippen LogP contribution in [0.4, 0.5) is 5.69 Å². The van der Waals surface area contributed by atoms with Gasteiger partial charge in [0.25, 0.3) is 5.91 Å². The van der Waals surface area contributed by atoms with E-state index in [1.54, 1.807) is 49.4 Å². The summed E-state index contributed by atoms with van der Waals surface area (Å²) < 4.78 is 27.9. The monoisotopic (exact) mass is 400 g/mol. The van der Waals surface area contributed by atoms with Crippen molar-refractivity contribution in [2.24, 2.45) is 0 Å². The van der Waals surface area contributed by atoms with Crippen LogP contribution >= 0.6 is 0 Å². The first-order valence-electron chi connectivity index (χ1n) is 9.29. The van der Waals surface area contributed by atoms with E-state index in [1.165, 1.54) is 16.4 Å². The molecule has 1 aliphatic rings. The van der Waals surface area contributed by atoms with Crippen molar-refractivity contribution in [2.45, 2.75) is 50.6 Å². The van der Waals surface area contributed by atoms with Gasteiger partial charge in [-0.05, 0) is 44.5 Å². The summed E-state index contributed by atoms with van der Waals surface area (Å²) in [6, 6.07) is 13.6. The number of aryl methyl sites for hydroxylation is 1. The van der Waals surface area contributed by atoms with Crippen LogP contribution < -0.4 is 4.90 Å². The number of hydrogen-bond acceptors (Lipinski definition) is 4. The fourth-order valence-electron chi connectivity index (χ4n) is 3.39. The van der Waals surface area contributed by atoms with E-state index in [-0.39, 0.29) is 11.3 Å². The minimum absolute atomic E-state index is 0.122. The summed E-state index contributed by atoms with van der Waals surface area (Å²) in [6.07, 6.45) is 0.359. The Kier molecular flexibility index (Phi) is 5.67. The number of rotatable bonds is 6. The maximum atomic E-state index is 13.4.